The van der Waals surface area contributed by atoms with E-state index in [1.54, 1.807) is 6.07 Å². The Morgan fingerprint density at radius 2 is 1.52 bits per heavy atom. The number of rotatable bonds is 3. The van der Waals surface area contributed by atoms with Gasteiger partial charge in [-0.25, -0.2) is 0 Å². The molecular weight excluding hydrogens is 360 g/mol. The molecule has 1 unspecified atom stereocenters. The van der Waals surface area contributed by atoms with Gasteiger partial charge in [-0.2, -0.15) is 0 Å². The van der Waals surface area contributed by atoms with Gasteiger partial charge in [-0.3, -0.25) is 4.79 Å². The first-order valence-electron chi connectivity index (χ1n) is 9.99. The van der Waals surface area contributed by atoms with Crippen LogP contribution in [0.25, 0.3) is 32.7 Å². The molecule has 29 heavy (non-hydrogen) atoms. The van der Waals surface area contributed by atoms with Crippen LogP contribution in [0.15, 0.2) is 72.8 Å². The molecule has 4 heteroatoms. The SMILES string of the molecule is O=C(Nc1ccc2ccccc2c1-c1c(O)ccc2ccccc12)C1CCCN1. The molecule has 0 aliphatic carbocycles. The number of amides is 1. The predicted molar refractivity (Wildman–Crippen MR) is 118 cm³/mol. The number of anilines is 1. The van der Waals surface area contributed by atoms with Gasteiger partial charge in [-0.15, -0.1) is 0 Å². The molecule has 1 fully saturated rings. The van der Waals surface area contributed by atoms with Crippen LogP contribution in [0.5, 0.6) is 5.75 Å². The molecule has 0 bridgehead atoms. The molecule has 1 aliphatic heterocycles. The molecule has 0 aromatic heterocycles. The molecule has 0 radical (unpaired) electrons. The summed E-state index contributed by atoms with van der Waals surface area (Å²) in [5.41, 5.74) is 2.31. The van der Waals surface area contributed by atoms with Crippen LogP contribution in [-0.2, 0) is 4.79 Å². The average molecular weight is 382 g/mol. The summed E-state index contributed by atoms with van der Waals surface area (Å²) in [5, 5.41) is 21.3. The zero-order valence-electron chi connectivity index (χ0n) is 16.0. The lowest BCUT2D eigenvalue weighted by Gasteiger charge is -2.19. The number of nitrogens with one attached hydrogen (secondary N) is 2. The van der Waals surface area contributed by atoms with E-state index >= 15 is 0 Å². The van der Waals surface area contributed by atoms with Crippen molar-refractivity contribution >= 4 is 33.1 Å². The lowest BCUT2D eigenvalue weighted by molar-refractivity contribution is -0.117. The van der Waals surface area contributed by atoms with Gasteiger partial charge in [0.1, 0.15) is 5.75 Å². The topological polar surface area (TPSA) is 61.4 Å². The third kappa shape index (κ3) is 3.12. The van der Waals surface area contributed by atoms with E-state index in [0.29, 0.717) is 5.69 Å². The minimum absolute atomic E-state index is 0.0289. The molecule has 5 rings (SSSR count). The van der Waals surface area contributed by atoms with E-state index < -0.39 is 0 Å². The molecule has 1 heterocycles. The molecule has 4 aromatic carbocycles. The van der Waals surface area contributed by atoms with Crippen molar-refractivity contribution in [3.63, 3.8) is 0 Å². The van der Waals surface area contributed by atoms with Gasteiger partial charge in [-0.05, 0) is 53.1 Å². The van der Waals surface area contributed by atoms with Crippen LogP contribution >= 0.6 is 0 Å². The van der Waals surface area contributed by atoms with E-state index in [9.17, 15) is 9.90 Å². The summed E-state index contributed by atoms with van der Waals surface area (Å²) < 4.78 is 0. The van der Waals surface area contributed by atoms with Crippen LogP contribution in [0.3, 0.4) is 0 Å². The highest BCUT2D eigenvalue weighted by molar-refractivity contribution is 6.14. The number of phenols is 1. The average Bonchev–Trinajstić information content (AvgIpc) is 3.29. The second-order valence-corrected chi connectivity index (χ2v) is 7.53. The predicted octanol–water partition coefficient (Wildman–Crippen LogP) is 5.06. The van der Waals surface area contributed by atoms with E-state index in [2.05, 4.69) is 10.6 Å². The van der Waals surface area contributed by atoms with Gasteiger partial charge >= 0.3 is 0 Å². The summed E-state index contributed by atoms with van der Waals surface area (Å²) in [7, 11) is 0. The van der Waals surface area contributed by atoms with Crippen molar-refractivity contribution in [2.24, 2.45) is 0 Å². The Hall–Kier alpha value is -3.37. The summed E-state index contributed by atoms with van der Waals surface area (Å²) in [6.45, 7) is 0.868. The van der Waals surface area contributed by atoms with Crippen LogP contribution in [0, 0.1) is 0 Å². The minimum atomic E-state index is -0.171. The van der Waals surface area contributed by atoms with Gasteiger partial charge < -0.3 is 15.7 Å². The van der Waals surface area contributed by atoms with E-state index in [1.165, 1.54) is 0 Å². The van der Waals surface area contributed by atoms with Crippen molar-refractivity contribution in [3.05, 3.63) is 72.8 Å². The molecule has 1 saturated heterocycles. The van der Waals surface area contributed by atoms with Gasteiger partial charge in [0, 0.05) is 16.8 Å². The molecule has 0 spiro atoms. The quantitative estimate of drug-likeness (QED) is 0.464. The van der Waals surface area contributed by atoms with E-state index in [0.717, 1.165) is 52.1 Å². The second kappa shape index (κ2) is 7.22. The molecule has 0 saturated carbocycles. The molecule has 144 valence electrons. The minimum Gasteiger partial charge on any atom is -0.507 e. The first-order valence-corrected chi connectivity index (χ1v) is 9.99. The highest BCUT2D eigenvalue weighted by atomic mass is 16.3. The maximum atomic E-state index is 12.8. The van der Waals surface area contributed by atoms with E-state index in [1.807, 2.05) is 66.7 Å². The lowest BCUT2D eigenvalue weighted by Crippen LogP contribution is -2.35. The normalized spacial score (nSPS) is 16.3. The number of phenolic OH excluding ortho intramolecular Hbond substituents is 1. The van der Waals surface area contributed by atoms with Crippen LogP contribution in [0.2, 0.25) is 0 Å². The zero-order valence-corrected chi connectivity index (χ0v) is 16.0. The van der Waals surface area contributed by atoms with Crippen molar-refractivity contribution < 1.29 is 9.90 Å². The highest BCUT2D eigenvalue weighted by Crippen LogP contribution is 2.44. The number of carbonyl (C=O) groups excluding carboxylic acids is 1. The standard InChI is InChI=1S/C25H22N2O2/c28-22-14-12-17-7-2-4-9-19(17)24(22)23-18-8-3-1-6-16(18)11-13-20(23)27-25(29)21-10-5-15-26-21/h1-4,6-9,11-14,21,26,28H,5,10,15H2,(H,27,29). The lowest BCUT2D eigenvalue weighted by atomic mass is 9.91. The van der Waals surface area contributed by atoms with Gasteiger partial charge in [0.25, 0.3) is 0 Å². The molecular formula is C25H22N2O2. The van der Waals surface area contributed by atoms with Crippen molar-refractivity contribution in [3.8, 4) is 16.9 Å². The van der Waals surface area contributed by atoms with Crippen molar-refractivity contribution in [2.45, 2.75) is 18.9 Å². The zero-order chi connectivity index (χ0) is 19.8. The Balaban J connectivity index is 1.76. The third-order valence-corrected chi connectivity index (χ3v) is 5.72. The molecule has 1 aliphatic rings. The molecule has 4 nitrogen and oxygen atoms in total. The van der Waals surface area contributed by atoms with Crippen molar-refractivity contribution in [1.82, 2.24) is 5.32 Å². The Morgan fingerprint density at radius 3 is 2.21 bits per heavy atom. The fourth-order valence-corrected chi connectivity index (χ4v) is 4.30. The largest absolute Gasteiger partial charge is 0.507 e. The summed E-state index contributed by atoms with van der Waals surface area (Å²) in [4.78, 5) is 12.8. The number of carbonyl (C=O) groups is 1. The summed E-state index contributed by atoms with van der Waals surface area (Å²) in [6.07, 6.45) is 1.85. The van der Waals surface area contributed by atoms with Crippen molar-refractivity contribution in [2.75, 3.05) is 11.9 Å². The van der Waals surface area contributed by atoms with E-state index in [-0.39, 0.29) is 17.7 Å². The summed E-state index contributed by atoms with van der Waals surface area (Å²) in [6, 6.07) is 23.5. The van der Waals surface area contributed by atoms with Crippen LogP contribution < -0.4 is 10.6 Å². The Morgan fingerprint density at radius 1 is 0.862 bits per heavy atom. The molecule has 1 amide bonds. The summed E-state index contributed by atoms with van der Waals surface area (Å²) in [5.74, 6) is 0.174. The van der Waals surface area contributed by atoms with E-state index in [4.69, 9.17) is 0 Å². The fourth-order valence-electron chi connectivity index (χ4n) is 4.30. The molecule has 1 atom stereocenters. The van der Waals surface area contributed by atoms with Crippen molar-refractivity contribution in [1.29, 1.82) is 0 Å². The highest BCUT2D eigenvalue weighted by Gasteiger charge is 2.24. The fraction of sp³-hybridized carbons (Fsp3) is 0.160. The first kappa shape index (κ1) is 17.7. The third-order valence-electron chi connectivity index (χ3n) is 5.72. The number of aromatic hydroxyl groups is 1. The molecule has 3 N–H and O–H groups in total. The first-order chi connectivity index (χ1) is 14.2. The number of fused-ring (bicyclic) bond motifs is 2. The van der Waals surface area contributed by atoms with Crippen LogP contribution in [0.4, 0.5) is 5.69 Å². The Kier molecular flexibility index (Phi) is 4.41. The second-order valence-electron chi connectivity index (χ2n) is 7.53. The van der Waals surface area contributed by atoms with Gasteiger partial charge in [-0.1, -0.05) is 60.7 Å². The summed E-state index contributed by atoms with van der Waals surface area (Å²) >= 11 is 0. The van der Waals surface area contributed by atoms with Gasteiger partial charge in [0.2, 0.25) is 5.91 Å². The molecule has 4 aromatic rings. The van der Waals surface area contributed by atoms with Crippen LogP contribution in [0.1, 0.15) is 12.8 Å². The maximum absolute atomic E-state index is 12.8. The monoisotopic (exact) mass is 382 g/mol. The number of benzene rings is 4. The Labute approximate surface area is 169 Å². The maximum Gasteiger partial charge on any atom is 0.241 e. The number of hydrogen-bond acceptors (Lipinski definition) is 3. The van der Waals surface area contributed by atoms with Gasteiger partial charge in [0.05, 0.1) is 6.04 Å². The smallest absolute Gasteiger partial charge is 0.241 e. The Bertz CT molecular complexity index is 1230. The number of hydrogen-bond donors (Lipinski definition) is 3. The van der Waals surface area contributed by atoms with Crippen LogP contribution in [-0.4, -0.2) is 23.6 Å². The van der Waals surface area contributed by atoms with Gasteiger partial charge in [0.15, 0.2) is 0 Å².